The molecule has 1 aromatic carbocycles. The summed E-state index contributed by atoms with van der Waals surface area (Å²) in [6, 6.07) is 6.26. The van der Waals surface area contributed by atoms with Crippen LogP contribution in [-0.4, -0.2) is 40.3 Å². The van der Waals surface area contributed by atoms with Crippen LogP contribution < -0.4 is 20.3 Å². The molecular weight excluding hydrogens is 226 g/mol. The summed E-state index contributed by atoms with van der Waals surface area (Å²) < 4.78 is 5.53. The molecule has 2 rings (SSSR count). The van der Waals surface area contributed by atoms with Crippen LogP contribution >= 0.6 is 0 Å². The number of anilines is 2. The van der Waals surface area contributed by atoms with Crippen molar-refractivity contribution in [3.05, 3.63) is 18.2 Å². The quantitative estimate of drug-likeness (QED) is 0.881. The van der Waals surface area contributed by atoms with Crippen LogP contribution in [0.15, 0.2) is 18.2 Å². The van der Waals surface area contributed by atoms with Gasteiger partial charge in [-0.25, -0.2) is 0 Å². The van der Waals surface area contributed by atoms with E-state index in [0.717, 1.165) is 38.3 Å². The van der Waals surface area contributed by atoms with E-state index in [9.17, 15) is 0 Å². The molecule has 1 heterocycles. The molecule has 0 aromatic heterocycles. The zero-order valence-electron chi connectivity index (χ0n) is 11.4. The lowest BCUT2D eigenvalue weighted by molar-refractivity contribution is 0.414. The van der Waals surface area contributed by atoms with E-state index < -0.39 is 0 Å². The molecule has 0 fully saturated rings. The maximum absolute atomic E-state index is 5.63. The maximum Gasteiger partial charge on any atom is 0.144 e. The first kappa shape index (κ1) is 13.0. The Labute approximate surface area is 109 Å². The molecule has 4 nitrogen and oxygen atoms in total. The van der Waals surface area contributed by atoms with Gasteiger partial charge < -0.3 is 20.3 Å². The summed E-state index contributed by atoms with van der Waals surface area (Å²) in [5, 5.41) is 0. The second-order valence-electron chi connectivity index (χ2n) is 4.73. The Hall–Kier alpha value is -1.42. The fourth-order valence-electron chi connectivity index (χ4n) is 2.54. The summed E-state index contributed by atoms with van der Waals surface area (Å²) >= 11 is 0. The number of rotatable bonds is 4. The summed E-state index contributed by atoms with van der Waals surface area (Å²) in [5.74, 6) is 0.957. The third-order valence-corrected chi connectivity index (χ3v) is 3.48. The van der Waals surface area contributed by atoms with Crippen LogP contribution in [0.4, 0.5) is 11.4 Å². The Morgan fingerprint density at radius 2 is 2.17 bits per heavy atom. The summed E-state index contributed by atoms with van der Waals surface area (Å²) in [7, 11) is 3.88. The predicted molar refractivity (Wildman–Crippen MR) is 76.8 cm³/mol. The lowest BCUT2D eigenvalue weighted by atomic mass is 10.2. The topological polar surface area (TPSA) is 41.7 Å². The van der Waals surface area contributed by atoms with Crippen LogP contribution in [0.2, 0.25) is 0 Å². The average molecular weight is 249 g/mol. The van der Waals surface area contributed by atoms with Crippen molar-refractivity contribution in [1.29, 1.82) is 0 Å². The molecule has 1 aliphatic heterocycles. The van der Waals surface area contributed by atoms with Crippen LogP contribution in [0.1, 0.15) is 12.8 Å². The van der Waals surface area contributed by atoms with E-state index in [1.165, 1.54) is 17.8 Å². The van der Waals surface area contributed by atoms with Crippen molar-refractivity contribution >= 4 is 11.4 Å². The molecule has 0 atom stereocenters. The number of nitrogens with zero attached hydrogens (tertiary/aromatic N) is 2. The van der Waals surface area contributed by atoms with Gasteiger partial charge in [-0.3, -0.25) is 0 Å². The van der Waals surface area contributed by atoms with Gasteiger partial charge in [0.1, 0.15) is 11.4 Å². The Bertz CT molecular complexity index is 395. The highest BCUT2D eigenvalue weighted by Crippen LogP contribution is 2.39. The largest absolute Gasteiger partial charge is 0.495 e. The Morgan fingerprint density at radius 3 is 2.89 bits per heavy atom. The van der Waals surface area contributed by atoms with Gasteiger partial charge in [0.25, 0.3) is 0 Å². The predicted octanol–water partition coefficient (Wildman–Crippen LogP) is 1.69. The minimum Gasteiger partial charge on any atom is -0.495 e. The number of hydrogen-bond donors (Lipinski definition) is 1. The molecule has 0 saturated heterocycles. The third kappa shape index (κ3) is 2.53. The number of fused-ring (bicyclic) bond motifs is 1. The van der Waals surface area contributed by atoms with Crippen molar-refractivity contribution in [2.24, 2.45) is 5.73 Å². The van der Waals surface area contributed by atoms with Crippen molar-refractivity contribution in [3.63, 3.8) is 0 Å². The van der Waals surface area contributed by atoms with E-state index in [-0.39, 0.29) is 0 Å². The van der Waals surface area contributed by atoms with Crippen molar-refractivity contribution in [2.45, 2.75) is 12.8 Å². The summed E-state index contributed by atoms with van der Waals surface area (Å²) in [6.45, 7) is 3.88. The van der Waals surface area contributed by atoms with Gasteiger partial charge in [0.15, 0.2) is 0 Å². The van der Waals surface area contributed by atoms with Gasteiger partial charge in [0.2, 0.25) is 0 Å². The first-order valence-corrected chi connectivity index (χ1v) is 6.61. The van der Waals surface area contributed by atoms with Crippen LogP contribution in [0, 0.1) is 0 Å². The molecule has 1 aliphatic rings. The smallest absolute Gasteiger partial charge is 0.144 e. The van der Waals surface area contributed by atoms with E-state index in [4.69, 9.17) is 10.5 Å². The molecule has 0 bridgehead atoms. The lowest BCUT2D eigenvalue weighted by Crippen LogP contribution is -2.27. The number of para-hydroxylation sites is 1. The van der Waals surface area contributed by atoms with Crippen molar-refractivity contribution in [2.75, 3.05) is 50.1 Å². The van der Waals surface area contributed by atoms with Crippen LogP contribution in [0.5, 0.6) is 5.75 Å². The lowest BCUT2D eigenvalue weighted by Gasteiger charge is -2.27. The average Bonchev–Trinajstić information content (AvgIpc) is 2.56. The molecule has 0 amide bonds. The SMILES string of the molecule is COc1cccc2c1N(CCCN)CCCN2C. The van der Waals surface area contributed by atoms with Gasteiger partial charge in [-0.1, -0.05) is 6.07 Å². The molecule has 0 saturated carbocycles. The van der Waals surface area contributed by atoms with Gasteiger partial charge in [0, 0.05) is 26.7 Å². The van der Waals surface area contributed by atoms with Crippen molar-refractivity contribution in [3.8, 4) is 5.75 Å². The zero-order chi connectivity index (χ0) is 13.0. The fraction of sp³-hybridized carbons (Fsp3) is 0.571. The minimum atomic E-state index is 0.733. The van der Waals surface area contributed by atoms with E-state index in [1.54, 1.807) is 7.11 Å². The normalized spacial score (nSPS) is 15.3. The maximum atomic E-state index is 5.63. The highest BCUT2D eigenvalue weighted by atomic mass is 16.5. The molecule has 18 heavy (non-hydrogen) atoms. The van der Waals surface area contributed by atoms with Crippen molar-refractivity contribution < 1.29 is 4.74 Å². The van der Waals surface area contributed by atoms with Crippen molar-refractivity contribution in [1.82, 2.24) is 0 Å². The number of ether oxygens (including phenoxy) is 1. The highest BCUT2D eigenvalue weighted by Gasteiger charge is 2.21. The Balaban J connectivity index is 2.38. The second kappa shape index (κ2) is 5.96. The molecule has 2 N–H and O–H groups in total. The second-order valence-corrected chi connectivity index (χ2v) is 4.73. The molecule has 0 radical (unpaired) electrons. The zero-order valence-corrected chi connectivity index (χ0v) is 11.4. The van der Waals surface area contributed by atoms with Gasteiger partial charge >= 0.3 is 0 Å². The molecule has 1 aromatic rings. The summed E-state index contributed by atoms with van der Waals surface area (Å²) in [5.41, 5.74) is 8.10. The van der Waals surface area contributed by atoms with Gasteiger partial charge in [0.05, 0.1) is 12.8 Å². The van der Waals surface area contributed by atoms with Crippen LogP contribution in [-0.2, 0) is 0 Å². The number of hydrogen-bond acceptors (Lipinski definition) is 4. The third-order valence-electron chi connectivity index (χ3n) is 3.48. The Kier molecular flexibility index (Phi) is 4.31. The minimum absolute atomic E-state index is 0.733. The van der Waals surface area contributed by atoms with Crippen LogP contribution in [0.3, 0.4) is 0 Å². The highest BCUT2D eigenvalue weighted by molar-refractivity contribution is 5.78. The van der Waals surface area contributed by atoms with E-state index in [1.807, 2.05) is 6.07 Å². The number of methoxy groups -OCH3 is 1. The monoisotopic (exact) mass is 249 g/mol. The Morgan fingerprint density at radius 1 is 1.33 bits per heavy atom. The van der Waals surface area contributed by atoms with Gasteiger partial charge in [-0.15, -0.1) is 0 Å². The molecule has 0 unspecified atom stereocenters. The van der Waals surface area contributed by atoms with E-state index in [0.29, 0.717) is 0 Å². The molecule has 100 valence electrons. The molecule has 0 spiro atoms. The van der Waals surface area contributed by atoms with E-state index in [2.05, 4.69) is 29.0 Å². The molecule has 4 heteroatoms. The number of nitrogens with two attached hydrogens (primary N) is 1. The van der Waals surface area contributed by atoms with Gasteiger partial charge in [-0.05, 0) is 31.5 Å². The van der Waals surface area contributed by atoms with Gasteiger partial charge in [-0.2, -0.15) is 0 Å². The van der Waals surface area contributed by atoms with E-state index >= 15 is 0 Å². The molecular formula is C14H23N3O. The molecule has 0 aliphatic carbocycles. The number of benzene rings is 1. The fourth-order valence-corrected chi connectivity index (χ4v) is 2.54. The first-order valence-electron chi connectivity index (χ1n) is 6.61. The standard InChI is InChI=1S/C14H23N3O/c1-16-9-5-11-17(10-4-8-15)14-12(16)6-3-7-13(14)18-2/h3,6-7H,4-5,8-11,15H2,1-2H3. The summed E-state index contributed by atoms with van der Waals surface area (Å²) in [6.07, 6.45) is 2.18. The first-order chi connectivity index (χ1) is 8.77. The summed E-state index contributed by atoms with van der Waals surface area (Å²) in [4.78, 5) is 4.71. The van der Waals surface area contributed by atoms with Crippen LogP contribution in [0.25, 0.3) is 0 Å².